The van der Waals surface area contributed by atoms with E-state index in [1.165, 1.54) is 24.3 Å². The lowest BCUT2D eigenvalue weighted by molar-refractivity contribution is -0.287. The van der Waals surface area contributed by atoms with Crippen LogP contribution in [0, 0.1) is 0 Å². The van der Waals surface area contributed by atoms with Crippen LogP contribution in [-0.2, 0) is 10.0 Å². The molecule has 3 aromatic rings. The number of guanidine groups is 1. The number of halogens is 3. The first kappa shape index (κ1) is 22.2. The van der Waals surface area contributed by atoms with Gasteiger partial charge >= 0.3 is 6.29 Å². The van der Waals surface area contributed by atoms with Crippen LogP contribution in [0.5, 0.6) is 23.0 Å². The highest BCUT2D eigenvalue weighted by Crippen LogP contribution is 2.45. The van der Waals surface area contributed by atoms with Gasteiger partial charge in [-0.25, -0.2) is 0 Å². The number of nitrogens with zero attached hydrogens (tertiary/aromatic N) is 1. The van der Waals surface area contributed by atoms with E-state index in [0.717, 1.165) is 0 Å². The van der Waals surface area contributed by atoms with Crippen molar-refractivity contribution >= 4 is 33.3 Å². The van der Waals surface area contributed by atoms with Gasteiger partial charge in [0.2, 0.25) is 5.96 Å². The van der Waals surface area contributed by atoms with Crippen molar-refractivity contribution in [1.82, 2.24) is 5.32 Å². The SMILES string of the molecule is C[C@H](NC1=NS(=O)(=O)c2cccc(Oc3ccccc3Cl)c2N1)c1cccc2c1OC(F)(F)O2. The molecule has 0 saturated carbocycles. The Hall–Kier alpha value is -3.57. The minimum absolute atomic E-state index is 0.0905. The van der Waals surface area contributed by atoms with E-state index in [4.69, 9.17) is 16.3 Å². The molecule has 34 heavy (non-hydrogen) atoms. The Morgan fingerprint density at radius 2 is 1.79 bits per heavy atom. The summed E-state index contributed by atoms with van der Waals surface area (Å²) in [6.07, 6.45) is -3.79. The first-order valence-electron chi connectivity index (χ1n) is 9.96. The smallest absolute Gasteiger partial charge is 0.454 e. The fourth-order valence-electron chi connectivity index (χ4n) is 3.57. The first-order valence-corrected chi connectivity index (χ1v) is 11.8. The van der Waals surface area contributed by atoms with Gasteiger partial charge in [0, 0.05) is 5.56 Å². The van der Waals surface area contributed by atoms with Crippen LogP contribution in [0.4, 0.5) is 14.5 Å². The average molecular weight is 508 g/mol. The van der Waals surface area contributed by atoms with Crippen molar-refractivity contribution in [2.24, 2.45) is 4.40 Å². The van der Waals surface area contributed by atoms with E-state index in [-0.39, 0.29) is 33.8 Å². The van der Waals surface area contributed by atoms with Crippen LogP contribution >= 0.6 is 11.6 Å². The summed E-state index contributed by atoms with van der Waals surface area (Å²) in [4.78, 5) is -0.0905. The lowest BCUT2D eigenvalue weighted by Crippen LogP contribution is -2.36. The number of nitrogens with one attached hydrogen (secondary N) is 2. The minimum Gasteiger partial charge on any atom is -0.454 e. The molecule has 5 rings (SSSR count). The van der Waals surface area contributed by atoms with Crippen molar-refractivity contribution in [3.8, 4) is 23.0 Å². The van der Waals surface area contributed by atoms with Gasteiger partial charge in [-0.15, -0.1) is 13.2 Å². The number of alkyl halides is 2. The molecule has 2 aliphatic heterocycles. The van der Waals surface area contributed by atoms with Crippen molar-refractivity contribution in [3.05, 3.63) is 71.2 Å². The summed E-state index contributed by atoms with van der Waals surface area (Å²) >= 11 is 6.17. The summed E-state index contributed by atoms with van der Waals surface area (Å²) in [6.45, 7) is 1.63. The van der Waals surface area contributed by atoms with Gasteiger partial charge < -0.3 is 24.8 Å². The second-order valence-electron chi connectivity index (χ2n) is 7.41. The van der Waals surface area contributed by atoms with Gasteiger partial charge in [-0.2, -0.15) is 8.42 Å². The van der Waals surface area contributed by atoms with Crippen LogP contribution in [0.1, 0.15) is 18.5 Å². The standard InChI is InChI=1S/C22H16ClF2N3O5S/c1-12(13-6-4-10-17-20(13)33-22(24,25)32-17)26-21-27-19-16(31-15-8-3-2-7-14(15)23)9-5-11-18(19)34(29,30)28-21/h2-12H,1H3,(H2,26,27,28)/t12-/m0/s1. The molecule has 3 aromatic carbocycles. The maximum absolute atomic E-state index is 13.6. The van der Waals surface area contributed by atoms with Crippen LogP contribution in [-0.4, -0.2) is 20.7 Å². The number of sulfonamides is 1. The van der Waals surface area contributed by atoms with Crippen LogP contribution < -0.4 is 24.8 Å². The summed E-state index contributed by atoms with van der Waals surface area (Å²) in [5.74, 6) is 0.143. The molecule has 0 spiro atoms. The molecular formula is C22H16ClF2N3O5S. The van der Waals surface area contributed by atoms with Gasteiger partial charge in [0.05, 0.1) is 11.1 Å². The molecule has 0 saturated heterocycles. The van der Waals surface area contributed by atoms with Crippen LogP contribution in [0.15, 0.2) is 70.0 Å². The molecule has 8 nitrogen and oxygen atoms in total. The maximum atomic E-state index is 13.6. The van der Waals surface area contributed by atoms with Crippen LogP contribution in [0.3, 0.4) is 0 Å². The van der Waals surface area contributed by atoms with Gasteiger partial charge in [-0.1, -0.05) is 41.9 Å². The van der Waals surface area contributed by atoms with Gasteiger partial charge in [-0.3, -0.25) is 0 Å². The van der Waals surface area contributed by atoms with Gasteiger partial charge in [0.1, 0.15) is 16.3 Å². The molecule has 2 heterocycles. The fraction of sp³-hybridized carbons (Fsp3) is 0.136. The Bertz CT molecular complexity index is 1430. The molecule has 0 unspecified atom stereocenters. The number of anilines is 1. The molecule has 176 valence electrons. The predicted molar refractivity (Wildman–Crippen MR) is 120 cm³/mol. The molecule has 0 fully saturated rings. The summed E-state index contributed by atoms with van der Waals surface area (Å²) < 4.78 is 71.6. The van der Waals surface area contributed by atoms with Crippen LogP contribution in [0.25, 0.3) is 0 Å². The minimum atomic E-state index is -4.10. The summed E-state index contributed by atoms with van der Waals surface area (Å²) in [5.41, 5.74) is 0.472. The predicted octanol–water partition coefficient (Wildman–Crippen LogP) is 5.27. The number of ether oxygens (including phenoxy) is 3. The highest BCUT2D eigenvalue weighted by Gasteiger charge is 2.45. The third kappa shape index (κ3) is 4.08. The topological polar surface area (TPSA) is 98.3 Å². The molecule has 1 atom stereocenters. The van der Waals surface area contributed by atoms with E-state index in [2.05, 4.69) is 24.5 Å². The van der Waals surface area contributed by atoms with Crippen molar-refractivity contribution < 1.29 is 31.4 Å². The molecule has 0 aromatic heterocycles. The number of benzene rings is 3. The Kier molecular flexibility index (Phi) is 5.25. The third-order valence-electron chi connectivity index (χ3n) is 5.06. The molecule has 12 heteroatoms. The molecule has 0 amide bonds. The van der Waals surface area contributed by atoms with Crippen molar-refractivity contribution in [2.75, 3.05) is 5.32 Å². The maximum Gasteiger partial charge on any atom is 0.586 e. The number of hydrogen-bond donors (Lipinski definition) is 2. The fourth-order valence-corrected chi connectivity index (χ4v) is 4.84. The second kappa shape index (κ2) is 8.03. The molecule has 2 N–H and O–H groups in total. The lowest BCUT2D eigenvalue weighted by atomic mass is 10.1. The largest absolute Gasteiger partial charge is 0.586 e. The molecular weight excluding hydrogens is 492 g/mol. The molecule has 2 aliphatic rings. The number of hydrogen-bond acceptors (Lipinski definition) is 7. The Labute approximate surface area is 198 Å². The van der Waals surface area contributed by atoms with E-state index in [0.29, 0.717) is 16.3 Å². The lowest BCUT2D eigenvalue weighted by Gasteiger charge is -2.24. The van der Waals surface area contributed by atoms with Gasteiger partial charge in [0.15, 0.2) is 17.2 Å². The van der Waals surface area contributed by atoms with E-state index >= 15 is 0 Å². The summed E-state index contributed by atoms with van der Waals surface area (Å²) in [7, 11) is -4.10. The number of fused-ring (bicyclic) bond motifs is 2. The summed E-state index contributed by atoms with van der Waals surface area (Å²) in [5, 5.41) is 6.15. The van der Waals surface area contributed by atoms with E-state index < -0.39 is 22.4 Å². The van der Waals surface area contributed by atoms with Crippen molar-refractivity contribution in [1.29, 1.82) is 0 Å². The third-order valence-corrected chi connectivity index (χ3v) is 6.69. The Balaban J connectivity index is 1.45. The van der Waals surface area contributed by atoms with E-state index in [1.54, 1.807) is 43.3 Å². The normalized spacial score (nSPS) is 17.7. The highest BCUT2D eigenvalue weighted by atomic mass is 35.5. The molecule has 0 aliphatic carbocycles. The van der Waals surface area contributed by atoms with Gasteiger partial charge in [-0.05, 0) is 37.3 Å². The first-order chi connectivity index (χ1) is 16.1. The molecule has 0 radical (unpaired) electrons. The molecule has 0 bridgehead atoms. The number of rotatable bonds is 4. The highest BCUT2D eigenvalue weighted by molar-refractivity contribution is 7.90. The summed E-state index contributed by atoms with van der Waals surface area (Å²) in [6, 6.07) is 15.0. The van der Waals surface area contributed by atoms with Gasteiger partial charge in [0.25, 0.3) is 10.0 Å². The second-order valence-corrected chi connectivity index (χ2v) is 9.39. The van der Waals surface area contributed by atoms with Crippen molar-refractivity contribution in [2.45, 2.75) is 24.2 Å². The quantitative estimate of drug-likeness (QED) is 0.496. The average Bonchev–Trinajstić information content (AvgIpc) is 3.09. The Morgan fingerprint density at radius 1 is 1.06 bits per heavy atom. The zero-order valence-electron chi connectivity index (χ0n) is 17.4. The number of para-hydroxylation sites is 3. The zero-order chi connectivity index (χ0) is 24.1. The Morgan fingerprint density at radius 3 is 2.59 bits per heavy atom. The van der Waals surface area contributed by atoms with E-state index in [9.17, 15) is 17.2 Å². The zero-order valence-corrected chi connectivity index (χ0v) is 19.0. The van der Waals surface area contributed by atoms with Crippen molar-refractivity contribution in [3.63, 3.8) is 0 Å². The van der Waals surface area contributed by atoms with E-state index in [1.807, 2.05) is 0 Å². The monoisotopic (exact) mass is 507 g/mol. The van der Waals surface area contributed by atoms with Crippen LogP contribution in [0.2, 0.25) is 5.02 Å².